The topological polar surface area (TPSA) is 24.5 Å². The Morgan fingerprint density at radius 2 is 2.10 bits per heavy atom. The minimum absolute atomic E-state index is 0.798. The van der Waals surface area contributed by atoms with E-state index in [2.05, 4.69) is 42.3 Å². The molecule has 0 amide bonds. The molecule has 0 radical (unpaired) electrons. The van der Waals surface area contributed by atoms with Crippen LogP contribution in [0.2, 0.25) is 0 Å². The summed E-state index contributed by atoms with van der Waals surface area (Å²) in [5.74, 6) is 1.02. The van der Waals surface area contributed by atoms with Crippen LogP contribution in [0, 0.1) is 0 Å². The van der Waals surface area contributed by atoms with Crippen molar-refractivity contribution in [3.8, 4) is 5.75 Å². The number of hydrogen-bond donors (Lipinski definition) is 1. The SMILES string of the molecule is CCCNCc1ccc(OC)c(CN(CC)C2CC2)c1. The fraction of sp³-hybridized carbons (Fsp3) is 0.647. The second-order valence-electron chi connectivity index (χ2n) is 5.62. The van der Waals surface area contributed by atoms with Crippen molar-refractivity contribution >= 4 is 0 Å². The molecular weight excluding hydrogens is 248 g/mol. The molecule has 0 atom stereocenters. The Morgan fingerprint density at radius 1 is 1.30 bits per heavy atom. The molecule has 3 heteroatoms. The summed E-state index contributed by atoms with van der Waals surface area (Å²) in [5.41, 5.74) is 2.66. The molecule has 0 spiro atoms. The smallest absolute Gasteiger partial charge is 0.123 e. The van der Waals surface area contributed by atoms with Gasteiger partial charge in [-0.25, -0.2) is 0 Å². The van der Waals surface area contributed by atoms with Crippen LogP contribution in [0.15, 0.2) is 18.2 Å². The summed E-state index contributed by atoms with van der Waals surface area (Å²) in [4.78, 5) is 2.56. The van der Waals surface area contributed by atoms with Crippen molar-refractivity contribution in [2.45, 2.75) is 52.2 Å². The van der Waals surface area contributed by atoms with Crippen molar-refractivity contribution in [3.63, 3.8) is 0 Å². The highest BCUT2D eigenvalue weighted by molar-refractivity contribution is 5.37. The van der Waals surface area contributed by atoms with Gasteiger partial charge in [-0.15, -0.1) is 0 Å². The zero-order valence-corrected chi connectivity index (χ0v) is 13.1. The van der Waals surface area contributed by atoms with Gasteiger partial charge >= 0.3 is 0 Å². The summed E-state index contributed by atoms with van der Waals surface area (Å²) in [6.07, 6.45) is 3.89. The molecule has 0 unspecified atom stereocenters. The van der Waals surface area contributed by atoms with Crippen molar-refractivity contribution in [1.29, 1.82) is 0 Å². The van der Waals surface area contributed by atoms with Crippen molar-refractivity contribution in [2.24, 2.45) is 0 Å². The van der Waals surface area contributed by atoms with E-state index in [1.165, 1.54) is 30.4 Å². The highest BCUT2D eigenvalue weighted by Gasteiger charge is 2.28. The molecule has 1 aromatic carbocycles. The normalized spacial score (nSPS) is 14.8. The summed E-state index contributed by atoms with van der Waals surface area (Å²) < 4.78 is 5.52. The molecule has 1 aromatic rings. The lowest BCUT2D eigenvalue weighted by molar-refractivity contribution is 0.264. The van der Waals surface area contributed by atoms with Crippen molar-refractivity contribution in [3.05, 3.63) is 29.3 Å². The second-order valence-corrected chi connectivity index (χ2v) is 5.62. The van der Waals surface area contributed by atoms with Crippen LogP contribution in [0.3, 0.4) is 0 Å². The van der Waals surface area contributed by atoms with Crippen molar-refractivity contribution < 1.29 is 4.74 Å². The van der Waals surface area contributed by atoms with Gasteiger partial charge in [0, 0.05) is 24.7 Å². The van der Waals surface area contributed by atoms with Gasteiger partial charge in [-0.1, -0.05) is 19.9 Å². The van der Waals surface area contributed by atoms with Gasteiger partial charge in [-0.2, -0.15) is 0 Å². The minimum Gasteiger partial charge on any atom is -0.496 e. The summed E-state index contributed by atoms with van der Waals surface area (Å²) in [6, 6.07) is 7.37. The van der Waals surface area contributed by atoms with E-state index in [1.807, 2.05) is 0 Å². The zero-order valence-electron chi connectivity index (χ0n) is 13.1. The average Bonchev–Trinajstić information content (AvgIpc) is 3.30. The Hall–Kier alpha value is -1.06. The van der Waals surface area contributed by atoms with Crippen LogP contribution in [0.4, 0.5) is 0 Å². The Kier molecular flexibility index (Phi) is 5.86. The number of benzene rings is 1. The maximum absolute atomic E-state index is 5.52. The molecule has 0 aromatic heterocycles. The summed E-state index contributed by atoms with van der Waals surface area (Å²) >= 11 is 0. The van der Waals surface area contributed by atoms with Crippen LogP contribution in [0.25, 0.3) is 0 Å². The third-order valence-electron chi connectivity index (χ3n) is 3.94. The van der Waals surface area contributed by atoms with E-state index in [1.54, 1.807) is 7.11 Å². The fourth-order valence-electron chi connectivity index (χ4n) is 2.63. The third-order valence-corrected chi connectivity index (χ3v) is 3.94. The zero-order chi connectivity index (χ0) is 14.4. The van der Waals surface area contributed by atoms with Crippen LogP contribution in [0.5, 0.6) is 5.75 Å². The Bertz CT molecular complexity index is 415. The molecule has 0 bridgehead atoms. The lowest BCUT2D eigenvalue weighted by Gasteiger charge is -2.21. The molecule has 3 nitrogen and oxygen atoms in total. The molecule has 2 rings (SSSR count). The summed E-state index contributed by atoms with van der Waals surface area (Å²) in [7, 11) is 1.77. The van der Waals surface area contributed by atoms with Crippen molar-refractivity contribution in [2.75, 3.05) is 20.2 Å². The van der Waals surface area contributed by atoms with Gasteiger partial charge in [0.15, 0.2) is 0 Å². The third kappa shape index (κ3) is 4.22. The second kappa shape index (κ2) is 7.65. The quantitative estimate of drug-likeness (QED) is 0.701. The van der Waals surface area contributed by atoms with Gasteiger partial charge in [-0.3, -0.25) is 4.90 Å². The van der Waals surface area contributed by atoms with E-state index < -0.39 is 0 Å². The van der Waals surface area contributed by atoms with E-state index in [-0.39, 0.29) is 0 Å². The van der Waals surface area contributed by atoms with E-state index >= 15 is 0 Å². The number of nitrogens with zero attached hydrogens (tertiary/aromatic N) is 1. The lowest BCUT2D eigenvalue weighted by atomic mass is 10.1. The molecule has 1 aliphatic carbocycles. The molecule has 1 aliphatic rings. The van der Waals surface area contributed by atoms with E-state index in [9.17, 15) is 0 Å². The van der Waals surface area contributed by atoms with Gasteiger partial charge < -0.3 is 10.1 Å². The lowest BCUT2D eigenvalue weighted by Crippen LogP contribution is -2.25. The molecule has 1 saturated carbocycles. The average molecular weight is 276 g/mol. The standard InChI is InChI=1S/C17H28N2O/c1-4-10-18-12-14-6-9-17(20-3)15(11-14)13-19(5-2)16-7-8-16/h6,9,11,16,18H,4-5,7-8,10,12-13H2,1-3H3. The Labute approximate surface area is 123 Å². The number of hydrogen-bond acceptors (Lipinski definition) is 3. The molecule has 1 N–H and O–H groups in total. The van der Waals surface area contributed by atoms with E-state index in [0.29, 0.717) is 0 Å². The first-order chi connectivity index (χ1) is 9.78. The molecular formula is C17H28N2O. The van der Waals surface area contributed by atoms with Gasteiger partial charge in [0.1, 0.15) is 5.75 Å². The maximum Gasteiger partial charge on any atom is 0.123 e. The highest BCUT2D eigenvalue weighted by Crippen LogP contribution is 2.30. The fourth-order valence-corrected chi connectivity index (χ4v) is 2.63. The van der Waals surface area contributed by atoms with Crippen LogP contribution in [-0.2, 0) is 13.1 Å². The minimum atomic E-state index is 0.798. The molecule has 0 saturated heterocycles. The largest absolute Gasteiger partial charge is 0.496 e. The molecule has 0 heterocycles. The number of nitrogens with one attached hydrogen (secondary N) is 1. The Morgan fingerprint density at radius 3 is 2.70 bits per heavy atom. The van der Waals surface area contributed by atoms with Crippen molar-refractivity contribution in [1.82, 2.24) is 10.2 Å². The van der Waals surface area contributed by atoms with Crippen LogP contribution >= 0.6 is 0 Å². The van der Waals surface area contributed by atoms with Gasteiger partial charge in [-0.05, 0) is 50.0 Å². The molecule has 20 heavy (non-hydrogen) atoms. The van der Waals surface area contributed by atoms with Gasteiger partial charge in [0.2, 0.25) is 0 Å². The van der Waals surface area contributed by atoms with Crippen LogP contribution < -0.4 is 10.1 Å². The predicted octanol–water partition coefficient (Wildman–Crippen LogP) is 3.18. The van der Waals surface area contributed by atoms with Gasteiger partial charge in [0.25, 0.3) is 0 Å². The molecule has 0 aliphatic heterocycles. The number of ether oxygens (including phenoxy) is 1. The predicted molar refractivity (Wildman–Crippen MR) is 84.1 cm³/mol. The first kappa shape index (κ1) is 15.3. The highest BCUT2D eigenvalue weighted by atomic mass is 16.5. The molecule has 112 valence electrons. The van der Waals surface area contributed by atoms with Crippen LogP contribution in [-0.4, -0.2) is 31.1 Å². The van der Waals surface area contributed by atoms with E-state index in [0.717, 1.165) is 38.0 Å². The monoisotopic (exact) mass is 276 g/mol. The Balaban J connectivity index is 2.05. The molecule has 1 fully saturated rings. The van der Waals surface area contributed by atoms with Crippen LogP contribution in [0.1, 0.15) is 44.2 Å². The maximum atomic E-state index is 5.52. The van der Waals surface area contributed by atoms with E-state index in [4.69, 9.17) is 4.74 Å². The van der Waals surface area contributed by atoms with Gasteiger partial charge in [0.05, 0.1) is 7.11 Å². The number of methoxy groups -OCH3 is 1. The summed E-state index contributed by atoms with van der Waals surface area (Å²) in [5, 5.41) is 3.46. The first-order valence-corrected chi connectivity index (χ1v) is 7.89. The first-order valence-electron chi connectivity index (χ1n) is 7.89. The number of rotatable bonds is 9. The summed E-state index contributed by atoms with van der Waals surface area (Å²) in [6.45, 7) is 8.58.